The maximum absolute atomic E-state index is 13.4. The van der Waals surface area contributed by atoms with Gasteiger partial charge in [-0.1, -0.05) is 5.16 Å². The first-order valence-electron chi connectivity index (χ1n) is 12.8. The third kappa shape index (κ3) is 10.4. The fourth-order valence-corrected chi connectivity index (χ4v) is 5.28. The Morgan fingerprint density at radius 1 is 1.21 bits per heavy atom. The number of hydrogen-bond acceptors (Lipinski definition) is 15. The summed E-state index contributed by atoms with van der Waals surface area (Å²) in [4.78, 5) is 81.4. The van der Waals surface area contributed by atoms with Crippen LogP contribution in [0.2, 0.25) is 0 Å². The van der Waals surface area contributed by atoms with E-state index in [1.54, 1.807) is 0 Å². The van der Waals surface area contributed by atoms with Crippen molar-refractivity contribution in [1.82, 2.24) is 19.9 Å². The molecule has 1 saturated heterocycles. The molecule has 1 aliphatic heterocycles. The molecule has 248 valence electrons. The zero-order valence-corrected chi connectivity index (χ0v) is 29.4. The number of esters is 1. The Balaban J connectivity index is 0.00000768. The molecule has 0 spiro atoms. The van der Waals surface area contributed by atoms with Crippen molar-refractivity contribution in [3.8, 4) is 0 Å². The molecule has 1 aromatic carbocycles. The molecule has 1 fully saturated rings. The standard InChI is InChI=1S/C24H26ClN7O12S2.Na/c1-12(33)26-9-16-19(21(36)31(16)46(40,41)42)29-20(35)18(15-11-45-23(27-15)28-17(34)8-25)30-44-24(2,3)22(37)43-10-13-4-6-14(7-5-13)32(38)39;/h4-7,11,16,19H,8-10H2,1-3H3,(H,26,33)(H,29,35)(H,27,28,34)(H,40,41,42);/q;+1/p-1/b30-18-;/t16-,19+;/m0./s1. The number of nitro benzene ring substituents is 1. The molecule has 2 heterocycles. The number of nitrogens with zero attached hydrogens (tertiary/aromatic N) is 4. The molecule has 2 aromatic rings. The van der Waals surface area contributed by atoms with Crippen molar-refractivity contribution >= 4 is 79.4 Å². The molecule has 0 aliphatic carbocycles. The number of non-ortho nitro benzene ring substituents is 1. The number of amides is 4. The van der Waals surface area contributed by atoms with Gasteiger partial charge in [-0.15, -0.1) is 22.9 Å². The molecule has 0 unspecified atom stereocenters. The van der Waals surface area contributed by atoms with Gasteiger partial charge in [0.2, 0.25) is 17.4 Å². The Hall–Kier alpha value is -3.73. The van der Waals surface area contributed by atoms with Crippen LogP contribution in [0, 0.1) is 10.1 Å². The second kappa shape index (κ2) is 16.4. The monoisotopic (exact) mass is 725 g/mol. The van der Waals surface area contributed by atoms with E-state index < -0.39 is 80.6 Å². The van der Waals surface area contributed by atoms with Crippen LogP contribution in [0.3, 0.4) is 0 Å². The molecule has 3 N–H and O–H groups in total. The minimum absolute atomic E-state index is 0. The van der Waals surface area contributed by atoms with E-state index in [0.717, 1.165) is 18.3 Å². The number of carbonyl (C=O) groups excluding carboxylic acids is 5. The molecule has 2 atom stereocenters. The molecule has 0 radical (unpaired) electrons. The number of nitro groups is 1. The Kier molecular flexibility index (Phi) is 13.8. The van der Waals surface area contributed by atoms with Crippen molar-refractivity contribution in [1.29, 1.82) is 0 Å². The number of nitrogens with one attached hydrogen (secondary N) is 3. The summed E-state index contributed by atoms with van der Waals surface area (Å²) in [6.07, 6.45) is 0. The summed E-state index contributed by atoms with van der Waals surface area (Å²) >= 11 is 6.34. The number of β-lactam (4-membered cyclic amide) rings is 1. The van der Waals surface area contributed by atoms with Crippen molar-refractivity contribution in [2.75, 3.05) is 17.7 Å². The van der Waals surface area contributed by atoms with Crippen molar-refractivity contribution in [3.63, 3.8) is 0 Å². The van der Waals surface area contributed by atoms with Gasteiger partial charge in [0.1, 0.15) is 24.2 Å². The van der Waals surface area contributed by atoms with Crippen LogP contribution in [0.25, 0.3) is 0 Å². The molecule has 47 heavy (non-hydrogen) atoms. The smallest absolute Gasteiger partial charge is 0.731 e. The SMILES string of the molecule is CC(=O)NC[C@H]1[C@@H](NC(=O)/C(=N\OC(C)(C)C(=O)OCc2ccc([N+](=O)[O-])cc2)c2csc(NC(=O)CCl)n2)C(=O)N1S(=O)(=O)[O-].[Na+]. The summed E-state index contributed by atoms with van der Waals surface area (Å²) in [5.41, 5.74) is -2.47. The number of thiazole rings is 1. The Morgan fingerprint density at radius 3 is 2.40 bits per heavy atom. The van der Waals surface area contributed by atoms with E-state index in [-0.39, 0.29) is 57.0 Å². The fourth-order valence-electron chi connectivity index (χ4n) is 3.64. The number of oxime groups is 1. The fraction of sp³-hybridized carbons (Fsp3) is 0.375. The van der Waals surface area contributed by atoms with Gasteiger partial charge in [0.15, 0.2) is 21.1 Å². The van der Waals surface area contributed by atoms with Gasteiger partial charge in [-0.3, -0.25) is 29.3 Å². The van der Waals surface area contributed by atoms with E-state index in [0.29, 0.717) is 5.56 Å². The van der Waals surface area contributed by atoms with Gasteiger partial charge in [0, 0.05) is 31.0 Å². The number of hydrogen-bond donors (Lipinski definition) is 3. The quantitative estimate of drug-likeness (QED) is 0.0253. The molecular weight excluding hydrogens is 701 g/mol. The van der Waals surface area contributed by atoms with Gasteiger partial charge < -0.3 is 30.1 Å². The van der Waals surface area contributed by atoms with Gasteiger partial charge in [-0.05, 0) is 31.5 Å². The molecule has 4 amide bonds. The van der Waals surface area contributed by atoms with E-state index in [2.05, 4.69) is 26.1 Å². The zero-order valence-electron chi connectivity index (χ0n) is 25.0. The largest absolute Gasteiger partial charge is 1.00 e. The molecule has 1 aliphatic rings. The van der Waals surface area contributed by atoms with Gasteiger partial charge in [0.05, 0.1) is 11.0 Å². The normalized spacial score (nSPS) is 16.2. The molecule has 19 nitrogen and oxygen atoms in total. The van der Waals surface area contributed by atoms with Crippen LogP contribution in [0.5, 0.6) is 0 Å². The minimum atomic E-state index is -5.30. The maximum atomic E-state index is 13.4. The third-order valence-corrected chi connectivity index (χ3v) is 7.89. The zero-order chi connectivity index (χ0) is 34.4. The van der Waals surface area contributed by atoms with Crippen molar-refractivity contribution in [2.24, 2.45) is 5.16 Å². The molecule has 23 heteroatoms. The van der Waals surface area contributed by atoms with Gasteiger partial charge in [0.25, 0.3) is 17.5 Å². The van der Waals surface area contributed by atoms with E-state index in [1.807, 2.05) is 0 Å². The summed E-state index contributed by atoms with van der Waals surface area (Å²) in [7, 11) is -5.30. The molecule has 3 rings (SSSR count). The van der Waals surface area contributed by atoms with E-state index in [4.69, 9.17) is 21.2 Å². The summed E-state index contributed by atoms with van der Waals surface area (Å²) < 4.78 is 40.0. The number of benzene rings is 1. The molecule has 0 saturated carbocycles. The number of halogens is 1. The predicted molar refractivity (Wildman–Crippen MR) is 157 cm³/mol. The number of ether oxygens (including phenoxy) is 1. The van der Waals surface area contributed by atoms with Gasteiger partial charge in [-0.25, -0.2) is 22.5 Å². The average molecular weight is 726 g/mol. The van der Waals surface area contributed by atoms with Crippen molar-refractivity contribution < 1.29 is 81.0 Å². The topological polar surface area (TPSA) is 269 Å². The van der Waals surface area contributed by atoms with Crippen molar-refractivity contribution in [2.45, 2.75) is 45.1 Å². The van der Waals surface area contributed by atoms with Crippen LogP contribution < -0.4 is 45.5 Å². The second-order valence-electron chi connectivity index (χ2n) is 9.81. The number of rotatable bonds is 14. The third-order valence-electron chi connectivity index (χ3n) is 5.96. The number of aromatic nitrogens is 1. The Morgan fingerprint density at radius 2 is 1.85 bits per heavy atom. The van der Waals surface area contributed by atoms with E-state index in [1.165, 1.54) is 43.5 Å². The number of carbonyl (C=O) groups is 5. The van der Waals surface area contributed by atoms with Gasteiger partial charge >= 0.3 is 35.5 Å². The summed E-state index contributed by atoms with van der Waals surface area (Å²) in [6, 6.07) is 2.10. The Labute approximate surface area is 297 Å². The van der Waals surface area contributed by atoms with Crippen LogP contribution in [0.4, 0.5) is 10.8 Å². The minimum Gasteiger partial charge on any atom is -0.731 e. The predicted octanol–water partition coefficient (Wildman–Crippen LogP) is -3.23. The first-order chi connectivity index (χ1) is 21.4. The van der Waals surface area contributed by atoms with Crippen LogP contribution in [-0.4, -0.2) is 92.6 Å². The van der Waals surface area contributed by atoms with Gasteiger partial charge in [-0.2, -0.15) is 0 Å². The summed E-state index contributed by atoms with van der Waals surface area (Å²) in [5, 5.41) is 22.7. The van der Waals surface area contributed by atoms with E-state index >= 15 is 0 Å². The summed E-state index contributed by atoms with van der Waals surface area (Å²) in [5.74, 6) is -5.08. The Bertz CT molecular complexity index is 1680. The van der Waals surface area contributed by atoms with Crippen LogP contribution in [0.15, 0.2) is 34.8 Å². The maximum Gasteiger partial charge on any atom is 1.00 e. The number of alkyl halides is 1. The van der Waals surface area contributed by atoms with Crippen molar-refractivity contribution in [3.05, 3.63) is 51.0 Å². The molecule has 1 aromatic heterocycles. The first kappa shape index (κ1) is 39.4. The molecular formula is C24H25ClN7NaO12S2. The van der Waals surface area contributed by atoms with E-state index in [9.17, 15) is 47.1 Å². The average Bonchev–Trinajstić information content (AvgIpc) is 3.43. The summed E-state index contributed by atoms with van der Waals surface area (Å²) in [6.45, 7) is 2.79. The molecule has 0 bridgehead atoms. The van der Waals surface area contributed by atoms with Crippen LogP contribution >= 0.6 is 22.9 Å². The first-order valence-corrected chi connectivity index (χ1v) is 15.6. The van der Waals surface area contributed by atoms with Crippen LogP contribution in [-0.2, 0) is 50.5 Å². The number of anilines is 1. The second-order valence-corrected chi connectivity index (χ2v) is 12.2. The van der Waals surface area contributed by atoms with Crippen LogP contribution in [0.1, 0.15) is 32.0 Å².